The molecule has 0 unspecified atom stereocenters. The van der Waals surface area contributed by atoms with Gasteiger partial charge in [-0.25, -0.2) is 0 Å². The highest BCUT2D eigenvalue weighted by Gasteiger charge is 2.00. The fourth-order valence-corrected chi connectivity index (χ4v) is 1.21. The molecule has 1 heterocycles. The van der Waals surface area contributed by atoms with Crippen LogP contribution in [0.2, 0.25) is 0 Å². The van der Waals surface area contributed by atoms with E-state index in [4.69, 9.17) is 0 Å². The first kappa shape index (κ1) is 8.62. The number of nitrogens with zero attached hydrogens (tertiary/aromatic N) is 3. The molecule has 0 radical (unpaired) electrons. The smallest absolute Gasteiger partial charge is 0.171 e. The van der Waals surface area contributed by atoms with Crippen molar-refractivity contribution in [1.82, 2.24) is 15.0 Å². The number of rotatable bonds is 2. The zero-order valence-electron chi connectivity index (χ0n) is 7.71. The molecule has 4 nitrogen and oxygen atoms in total. The highest BCUT2D eigenvalue weighted by molar-refractivity contribution is 5.70. The Morgan fingerprint density at radius 1 is 1.43 bits per heavy atom. The van der Waals surface area contributed by atoms with E-state index in [9.17, 15) is 4.79 Å². The average Bonchev–Trinajstić information content (AvgIpc) is 2.66. The van der Waals surface area contributed by atoms with Gasteiger partial charge in [-0.15, -0.1) is 5.10 Å². The van der Waals surface area contributed by atoms with Gasteiger partial charge in [-0.3, -0.25) is 4.79 Å². The minimum absolute atomic E-state index is 0.339. The molecule has 2 rings (SSSR count). The molecule has 0 aliphatic carbocycles. The summed E-state index contributed by atoms with van der Waals surface area (Å²) in [6.45, 7) is 1.99. The molecule has 0 bridgehead atoms. The first-order valence-electron chi connectivity index (χ1n) is 4.24. The predicted molar refractivity (Wildman–Crippen MR) is 51.5 cm³/mol. The number of aldehydes is 1. The minimum Gasteiger partial charge on any atom is -0.296 e. The SMILES string of the molecule is Cc1cccc(-n2ncc(C=O)n2)c1. The van der Waals surface area contributed by atoms with Crippen LogP contribution in [0.4, 0.5) is 0 Å². The lowest BCUT2D eigenvalue weighted by Gasteiger charge is -1.99. The number of benzene rings is 1. The molecule has 2 aromatic rings. The second kappa shape index (κ2) is 3.41. The van der Waals surface area contributed by atoms with Gasteiger partial charge in [0.05, 0.1) is 11.9 Å². The molecule has 4 heteroatoms. The third-order valence-corrected chi connectivity index (χ3v) is 1.86. The van der Waals surface area contributed by atoms with Crippen molar-refractivity contribution < 1.29 is 4.79 Å². The average molecular weight is 187 g/mol. The summed E-state index contributed by atoms with van der Waals surface area (Å²) in [5.74, 6) is 0. The minimum atomic E-state index is 0.339. The largest absolute Gasteiger partial charge is 0.296 e. The maximum absolute atomic E-state index is 10.4. The maximum atomic E-state index is 10.4. The lowest BCUT2D eigenvalue weighted by atomic mass is 10.2. The van der Waals surface area contributed by atoms with Crippen molar-refractivity contribution in [3.8, 4) is 5.69 Å². The summed E-state index contributed by atoms with van der Waals surface area (Å²) in [5.41, 5.74) is 2.33. The van der Waals surface area contributed by atoms with E-state index in [0.29, 0.717) is 12.0 Å². The van der Waals surface area contributed by atoms with Crippen LogP contribution in [0.15, 0.2) is 30.5 Å². The molecule has 0 amide bonds. The van der Waals surface area contributed by atoms with Crippen molar-refractivity contribution >= 4 is 6.29 Å². The quantitative estimate of drug-likeness (QED) is 0.667. The Labute approximate surface area is 81.2 Å². The Hall–Kier alpha value is -1.97. The lowest BCUT2D eigenvalue weighted by Crippen LogP contribution is -1.99. The van der Waals surface area contributed by atoms with Gasteiger partial charge in [-0.05, 0) is 24.6 Å². The maximum Gasteiger partial charge on any atom is 0.171 e. The van der Waals surface area contributed by atoms with Gasteiger partial charge >= 0.3 is 0 Å². The van der Waals surface area contributed by atoms with E-state index in [-0.39, 0.29) is 0 Å². The van der Waals surface area contributed by atoms with E-state index in [0.717, 1.165) is 11.3 Å². The summed E-state index contributed by atoms with van der Waals surface area (Å²) in [6.07, 6.45) is 2.12. The third-order valence-electron chi connectivity index (χ3n) is 1.86. The van der Waals surface area contributed by atoms with E-state index >= 15 is 0 Å². The van der Waals surface area contributed by atoms with E-state index in [1.807, 2.05) is 31.2 Å². The zero-order chi connectivity index (χ0) is 9.97. The summed E-state index contributed by atoms with van der Waals surface area (Å²) < 4.78 is 0. The van der Waals surface area contributed by atoms with Crippen molar-refractivity contribution in [3.05, 3.63) is 41.7 Å². The van der Waals surface area contributed by atoms with Gasteiger partial charge in [0.15, 0.2) is 6.29 Å². The van der Waals surface area contributed by atoms with Crippen LogP contribution in [-0.4, -0.2) is 21.3 Å². The van der Waals surface area contributed by atoms with Gasteiger partial charge in [0.25, 0.3) is 0 Å². The molecule has 0 saturated heterocycles. The van der Waals surface area contributed by atoms with Gasteiger partial charge in [0.2, 0.25) is 0 Å². The summed E-state index contributed by atoms with van der Waals surface area (Å²) in [6, 6.07) is 7.76. The zero-order valence-corrected chi connectivity index (χ0v) is 7.71. The topological polar surface area (TPSA) is 47.8 Å². The summed E-state index contributed by atoms with van der Waals surface area (Å²) in [5, 5.41) is 7.95. The van der Waals surface area contributed by atoms with E-state index in [1.54, 1.807) is 0 Å². The standard InChI is InChI=1S/C10H9N3O/c1-8-3-2-4-10(5-8)13-11-6-9(7-14)12-13/h2-7H,1H3. The Morgan fingerprint density at radius 2 is 2.29 bits per heavy atom. The highest BCUT2D eigenvalue weighted by atomic mass is 16.1. The monoisotopic (exact) mass is 187 g/mol. The van der Waals surface area contributed by atoms with E-state index in [2.05, 4.69) is 10.2 Å². The number of hydrogen-bond donors (Lipinski definition) is 0. The first-order valence-corrected chi connectivity index (χ1v) is 4.24. The van der Waals surface area contributed by atoms with E-state index in [1.165, 1.54) is 11.0 Å². The molecule has 14 heavy (non-hydrogen) atoms. The van der Waals surface area contributed by atoms with Crippen LogP contribution in [-0.2, 0) is 0 Å². The van der Waals surface area contributed by atoms with Gasteiger partial charge in [-0.2, -0.15) is 9.90 Å². The summed E-state index contributed by atoms with van der Waals surface area (Å²) in [4.78, 5) is 11.8. The Kier molecular flexibility index (Phi) is 2.10. The fraction of sp³-hybridized carbons (Fsp3) is 0.100. The number of aryl methyl sites for hydroxylation is 1. The van der Waals surface area contributed by atoms with Crippen molar-refractivity contribution in [2.45, 2.75) is 6.92 Å². The molecular weight excluding hydrogens is 178 g/mol. The summed E-state index contributed by atoms with van der Waals surface area (Å²) >= 11 is 0. The molecule has 0 spiro atoms. The first-order chi connectivity index (χ1) is 6.79. The van der Waals surface area contributed by atoms with Crippen molar-refractivity contribution in [1.29, 1.82) is 0 Å². The van der Waals surface area contributed by atoms with Crippen molar-refractivity contribution in [2.75, 3.05) is 0 Å². The van der Waals surface area contributed by atoms with Crippen LogP contribution in [0.3, 0.4) is 0 Å². The van der Waals surface area contributed by atoms with Crippen LogP contribution in [0.5, 0.6) is 0 Å². The number of hydrogen-bond acceptors (Lipinski definition) is 3. The van der Waals surface area contributed by atoms with Gasteiger partial charge < -0.3 is 0 Å². The van der Waals surface area contributed by atoms with Crippen LogP contribution < -0.4 is 0 Å². The van der Waals surface area contributed by atoms with Gasteiger partial charge in [0, 0.05) is 0 Å². The Bertz CT molecular complexity index is 462. The molecular formula is C10H9N3O. The van der Waals surface area contributed by atoms with Crippen LogP contribution in [0, 0.1) is 6.92 Å². The van der Waals surface area contributed by atoms with Crippen LogP contribution in [0.25, 0.3) is 5.69 Å². The Balaban J connectivity index is 2.43. The molecule has 0 aliphatic heterocycles. The predicted octanol–water partition coefficient (Wildman–Crippen LogP) is 1.39. The van der Waals surface area contributed by atoms with Gasteiger partial charge in [0.1, 0.15) is 5.69 Å². The molecule has 0 saturated carbocycles. The molecule has 0 atom stereocenters. The van der Waals surface area contributed by atoms with Crippen molar-refractivity contribution in [3.63, 3.8) is 0 Å². The molecule has 1 aromatic heterocycles. The summed E-state index contributed by atoms with van der Waals surface area (Å²) in [7, 11) is 0. The van der Waals surface area contributed by atoms with E-state index < -0.39 is 0 Å². The molecule has 1 aromatic carbocycles. The normalized spacial score (nSPS) is 10.1. The number of carbonyl (C=O) groups is 1. The lowest BCUT2D eigenvalue weighted by molar-refractivity contribution is 0.111. The number of carbonyl (C=O) groups excluding carboxylic acids is 1. The van der Waals surface area contributed by atoms with Crippen LogP contribution in [0.1, 0.15) is 16.1 Å². The highest BCUT2D eigenvalue weighted by Crippen LogP contribution is 2.07. The number of aromatic nitrogens is 3. The Morgan fingerprint density at radius 3 is 2.93 bits per heavy atom. The second-order valence-corrected chi connectivity index (χ2v) is 3.02. The third kappa shape index (κ3) is 1.54. The molecule has 0 aliphatic rings. The van der Waals surface area contributed by atoms with Crippen molar-refractivity contribution in [2.24, 2.45) is 0 Å². The second-order valence-electron chi connectivity index (χ2n) is 3.02. The molecule has 0 N–H and O–H groups in total. The molecule has 0 fully saturated rings. The fourth-order valence-electron chi connectivity index (χ4n) is 1.21. The van der Waals surface area contributed by atoms with Crippen LogP contribution >= 0.6 is 0 Å². The van der Waals surface area contributed by atoms with Gasteiger partial charge in [-0.1, -0.05) is 12.1 Å². The molecule has 70 valence electrons.